The number of nitrogens with zero attached hydrogens (tertiary/aromatic N) is 2. The minimum Gasteiger partial charge on any atom is -0.357 e. The summed E-state index contributed by atoms with van der Waals surface area (Å²) >= 11 is 0. The first kappa shape index (κ1) is 15.4. The first-order chi connectivity index (χ1) is 11.1. The van der Waals surface area contributed by atoms with E-state index in [1.807, 2.05) is 12.1 Å². The summed E-state index contributed by atoms with van der Waals surface area (Å²) in [4.78, 5) is 6.77. The lowest BCUT2D eigenvalue weighted by molar-refractivity contribution is 0.480. The van der Waals surface area contributed by atoms with Gasteiger partial charge in [0.1, 0.15) is 5.82 Å². The van der Waals surface area contributed by atoms with Crippen molar-refractivity contribution in [1.29, 1.82) is 0 Å². The monoisotopic (exact) mass is 335 g/mol. The second-order valence-electron chi connectivity index (χ2n) is 7.16. The molecule has 4 rings (SSSR count). The molecule has 0 aromatic carbocycles. The highest BCUT2D eigenvalue weighted by molar-refractivity contribution is 7.90. The highest BCUT2D eigenvalue weighted by Gasteiger charge is 2.57. The van der Waals surface area contributed by atoms with Crippen LogP contribution in [0.25, 0.3) is 0 Å². The number of rotatable bonds is 5. The first-order valence-corrected chi connectivity index (χ1v) is 10.4. The van der Waals surface area contributed by atoms with Crippen molar-refractivity contribution in [2.45, 2.75) is 50.3 Å². The molecule has 6 heteroatoms. The molecule has 1 aromatic heterocycles. The van der Waals surface area contributed by atoms with Gasteiger partial charge in [0, 0.05) is 25.8 Å². The summed E-state index contributed by atoms with van der Waals surface area (Å²) in [5, 5.41) is -0.137. The molecule has 1 aromatic rings. The molecule has 126 valence electrons. The molecule has 0 amide bonds. The third-order valence-electron chi connectivity index (χ3n) is 5.65. The Bertz CT molecular complexity index is 641. The lowest BCUT2D eigenvalue weighted by atomic mass is 10.0. The maximum Gasteiger partial charge on any atom is 0.215 e. The van der Waals surface area contributed by atoms with E-state index in [9.17, 15) is 8.42 Å². The largest absolute Gasteiger partial charge is 0.357 e. The fourth-order valence-electron chi connectivity index (χ4n) is 4.32. The number of aromatic nitrogens is 1. The molecule has 2 aliphatic carbocycles. The van der Waals surface area contributed by atoms with Crippen LogP contribution < -0.4 is 9.62 Å². The van der Waals surface area contributed by atoms with Crippen LogP contribution in [0.3, 0.4) is 0 Å². The molecule has 0 radical (unpaired) electrons. The fraction of sp³-hybridized carbons (Fsp3) is 0.706. The molecular formula is C17H25N3O2S. The van der Waals surface area contributed by atoms with Gasteiger partial charge in [0.2, 0.25) is 10.0 Å². The predicted octanol–water partition coefficient (Wildman–Crippen LogP) is 2.29. The van der Waals surface area contributed by atoms with Crippen LogP contribution in [0.5, 0.6) is 0 Å². The zero-order chi connectivity index (χ0) is 15.9. The Balaban J connectivity index is 1.35. The van der Waals surface area contributed by atoms with E-state index in [1.54, 1.807) is 6.20 Å². The normalized spacial score (nSPS) is 30.3. The predicted molar refractivity (Wildman–Crippen MR) is 90.7 cm³/mol. The summed E-state index contributed by atoms with van der Waals surface area (Å²) in [6.45, 7) is 2.50. The summed E-state index contributed by atoms with van der Waals surface area (Å²) < 4.78 is 27.7. The molecule has 2 saturated carbocycles. The van der Waals surface area contributed by atoms with Crippen molar-refractivity contribution < 1.29 is 8.42 Å². The molecule has 1 N–H and O–H groups in total. The lowest BCUT2D eigenvalue weighted by Gasteiger charge is -2.16. The number of pyridine rings is 1. The first-order valence-electron chi connectivity index (χ1n) is 8.83. The molecule has 5 nitrogen and oxygen atoms in total. The Labute approximate surface area is 138 Å². The summed E-state index contributed by atoms with van der Waals surface area (Å²) in [6, 6.07) is 4.00. The number of fused-ring (bicyclic) bond motifs is 1. The third kappa shape index (κ3) is 3.11. The van der Waals surface area contributed by atoms with Crippen LogP contribution in [0, 0.1) is 11.8 Å². The van der Waals surface area contributed by atoms with Crippen LogP contribution in [-0.2, 0) is 16.6 Å². The second kappa shape index (κ2) is 6.06. The molecule has 1 aliphatic heterocycles. The maximum absolute atomic E-state index is 12.5. The van der Waals surface area contributed by atoms with Crippen LogP contribution in [0.2, 0.25) is 0 Å². The van der Waals surface area contributed by atoms with Gasteiger partial charge in [0.25, 0.3) is 0 Å². The molecular weight excluding hydrogens is 310 g/mol. The molecule has 23 heavy (non-hydrogen) atoms. The quantitative estimate of drug-likeness (QED) is 0.897. The summed E-state index contributed by atoms with van der Waals surface area (Å²) in [6.07, 6.45) is 8.81. The average Bonchev–Trinajstić information content (AvgIpc) is 3.07. The Hall–Kier alpha value is -1.14. The summed E-state index contributed by atoms with van der Waals surface area (Å²) in [5.74, 6) is 1.83. The minimum atomic E-state index is -3.18. The van der Waals surface area contributed by atoms with Gasteiger partial charge in [0.05, 0.1) is 5.25 Å². The lowest BCUT2D eigenvalue weighted by Crippen LogP contribution is -2.28. The van der Waals surface area contributed by atoms with Crippen molar-refractivity contribution in [1.82, 2.24) is 9.71 Å². The second-order valence-corrected chi connectivity index (χ2v) is 9.08. The van der Waals surface area contributed by atoms with Gasteiger partial charge in [-0.1, -0.05) is 18.9 Å². The average molecular weight is 335 g/mol. The molecule has 2 heterocycles. The van der Waals surface area contributed by atoms with E-state index < -0.39 is 10.0 Å². The van der Waals surface area contributed by atoms with Crippen LogP contribution in [0.15, 0.2) is 18.3 Å². The SMILES string of the molecule is O=S(=O)(NCc1ccc(N2CCCC2)nc1)C1C2CCCCC21. The number of nitrogens with one attached hydrogen (secondary N) is 1. The van der Waals surface area contributed by atoms with Gasteiger partial charge in [-0.2, -0.15) is 0 Å². The standard InChI is InChI=1S/C17H25N3O2S/c21-23(22,17-14-5-1-2-6-15(14)17)19-12-13-7-8-16(18-11-13)20-9-3-4-10-20/h7-8,11,14-15,17,19H,1-6,9-10,12H2. The third-order valence-corrected chi connectivity index (χ3v) is 7.62. The highest BCUT2D eigenvalue weighted by Crippen LogP contribution is 2.53. The van der Waals surface area contributed by atoms with Gasteiger partial charge in [-0.3, -0.25) is 0 Å². The van der Waals surface area contributed by atoms with Gasteiger partial charge in [-0.15, -0.1) is 0 Å². The topological polar surface area (TPSA) is 62.3 Å². The highest BCUT2D eigenvalue weighted by atomic mass is 32.2. The Morgan fingerprint density at radius 2 is 1.78 bits per heavy atom. The molecule has 1 saturated heterocycles. The smallest absolute Gasteiger partial charge is 0.215 e. The Morgan fingerprint density at radius 3 is 2.39 bits per heavy atom. The van der Waals surface area contributed by atoms with Crippen molar-refractivity contribution >= 4 is 15.8 Å². The van der Waals surface area contributed by atoms with Gasteiger partial charge < -0.3 is 4.90 Å². The van der Waals surface area contributed by atoms with E-state index >= 15 is 0 Å². The number of hydrogen-bond acceptors (Lipinski definition) is 4. The van der Waals surface area contributed by atoms with E-state index in [4.69, 9.17) is 0 Å². The molecule has 0 bridgehead atoms. The van der Waals surface area contributed by atoms with Crippen molar-refractivity contribution in [3.05, 3.63) is 23.9 Å². The Kier molecular flexibility index (Phi) is 4.05. The summed E-state index contributed by atoms with van der Waals surface area (Å²) in [5.41, 5.74) is 0.931. The summed E-state index contributed by atoms with van der Waals surface area (Å²) in [7, 11) is -3.18. The molecule has 3 fully saturated rings. The van der Waals surface area contributed by atoms with E-state index in [2.05, 4.69) is 14.6 Å². The van der Waals surface area contributed by atoms with Crippen molar-refractivity contribution in [2.24, 2.45) is 11.8 Å². The van der Waals surface area contributed by atoms with Gasteiger partial charge in [-0.05, 0) is 49.1 Å². The fourth-order valence-corrected chi connectivity index (χ4v) is 6.39. The Morgan fingerprint density at radius 1 is 1.09 bits per heavy atom. The van der Waals surface area contributed by atoms with Gasteiger partial charge >= 0.3 is 0 Å². The number of sulfonamides is 1. The van der Waals surface area contributed by atoms with E-state index in [0.29, 0.717) is 18.4 Å². The van der Waals surface area contributed by atoms with Crippen LogP contribution in [0.1, 0.15) is 44.1 Å². The van der Waals surface area contributed by atoms with Crippen molar-refractivity contribution in [3.63, 3.8) is 0 Å². The van der Waals surface area contributed by atoms with Crippen LogP contribution in [0.4, 0.5) is 5.82 Å². The van der Waals surface area contributed by atoms with Gasteiger partial charge in [0.15, 0.2) is 0 Å². The molecule has 3 aliphatic rings. The number of hydrogen-bond donors (Lipinski definition) is 1. The van der Waals surface area contributed by atoms with Crippen LogP contribution in [-0.4, -0.2) is 31.7 Å². The van der Waals surface area contributed by atoms with Crippen molar-refractivity contribution in [3.8, 4) is 0 Å². The van der Waals surface area contributed by atoms with Crippen molar-refractivity contribution in [2.75, 3.05) is 18.0 Å². The van der Waals surface area contributed by atoms with Gasteiger partial charge in [-0.25, -0.2) is 18.1 Å². The zero-order valence-corrected chi connectivity index (χ0v) is 14.3. The molecule has 2 unspecified atom stereocenters. The van der Waals surface area contributed by atoms with Crippen LogP contribution >= 0.6 is 0 Å². The zero-order valence-electron chi connectivity index (χ0n) is 13.4. The molecule has 0 spiro atoms. The minimum absolute atomic E-state index is 0.137. The molecule has 2 atom stereocenters. The maximum atomic E-state index is 12.5. The number of anilines is 1. The van der Waals surface area contributed by atoms with E-state index in [1.165, 1.54) is 25.7 Å². The van der Waals surface area contributed by atoms with E-state index in [-0.39, 0.29) is 5.25 Å². The van der Waals surface area contributed by atoms with E-state index in [0.717, 1.165) is 37.3 Å².